The smallest absolute Gasteiger partial charge is 0.00959 e. The van der Waals surface area contributed by atoms with Crippen molar-refractivity contribution in [3.05, 3.63) is 179 Å². The van der Waals surface area contributed by atoms with E-state index in [4.69, 9.17) is 0 Å². The first-order valence-corrected chi connectivity index (χ1v) is 21.5. The second-order valence-electron chi connectivity index (χ2n) is 17.5. The van der Waals surface area contributed by atoms with Crippen LogP contribution in [0.1, 0.15) is 85.6 Å². The zero-order valence-electron chi connectivity index (χ0n) is 33.5. The molecule has 3 aliphatic carbocycles. The molecule has 0 saturated heterocycles. The molecule has 1 atom stereocenters. The molecule has 57 heavy (non-hydrogen) atoms. The fourth-order valence-electron chi connectivity index (χ4n) is 10.9. The lowest BCUT2D eigenvalue weighted by atomic mass is 9.67. The van der Waals surface area contributed by atoms with E-state index in [9.17, 15) is 0 Å². The third-order valence-electron chi connectivity index (χ3n) is 14.0. The Labute approximate surface area is 337 Å². The van der Waals surface area contributed by atoms with E-state index < -0.39 is 0 Å². The molecular weight excluding hydrogens is 685 g/mol. The van der Waals surface area contributed by atoms with Crippen LogP contribution in [0.3, 0.4) is 0 Å². The molecule has 278 valence electrons. The fourth-order valence-corrected chi connectivity index (χ4v) is 10.9. The van der Waals surface area contributed by atoms with Crippen molar-refractivity contribution >= 4 is 54.2 Å². The van der Waals surface area contributed by atoms with Gasteiger partial charge in [-0.1, -0.05) is 147 Å². The van der Waals surface area contributed by atoms with Crippen molar-refractivity contribution in [1.82, 2.24) is 0 Å². The van der Waals surface area contributed by atoms with Gasteiger partial charge < -0.3 is 0 Å². The van der Waals surface area contributed by atoms with E-state index >= 15 is 0 Å². The Hall–Kier alpha value is -5.72. The second-order valence-corrected chi connectivity index (χ2v) is 17.5. The van der Waals surface area contributed by atoms with E-state index in [1.165, 1.54) is 132 Å². The number of hydrogen-bond acceptors (Lipinski definition) is 0. The summed E-state index contributed by atoms with van der Waals surface area (Å²) in [5.41, 5.74) is 17.5. The minimum absolute atomic E-state index is 0.447. The normalized spacial score (nSPS) is 17.7. The Bertz CT molecular complexity index is 2980. The summed E-state index contributed by atoms with van der Waals surface area (Å²) in [6, 6.07) is 53.4. The van der Waals surface area contributed by atoms with Crippen LogP contribution in [-0.2, 0) is 0 Å². The summed E-state index contributed by atoms with van der Waals surface area (Å²) >= 11 is 0. The average molecular weight is 735 g/mol. The van der Waals surface area contributed by atoms with Gasteiger partial charge in [0.25, 0.3) is 0 Å². The highest BCUT2D eigenvalue weighted by Crippen LogP contribution is 2.53. The van der Waals surface area contributed by atoms with Crippen LogP contribution in [0.5, 0.6) is 0 Å². The highest BCUT2D eigenvalue weighted by Gasteiger charge is 2.33. The quantitative estimate of drug-likeness (QED) is 0.149. The van der Waals surface area contributed by atoms with Crippen molar-refractivity contribution in [3.63, 3.8) is 0 Å². The van der Waals surface area contributed by atoms with Crippen LogP contribution in [-0.4, -0.2) is 0 Å². The number of allylic oxidation sites excluding steroid dienone is 4. The molecule has 0 nitrogen and oxygen atoms in total. The lowest BCUT2D eigenvalue weighted by Gasteiger charge is -2.37. The topological polar surface area (TPSA) is 0 Å². The van der Waals surface area contributed by atoms with Gasteiger partial charge in [-0.25, -0.2) is 0 Å². The van der Waals surface area contributed by atoms with Gasteiger partial charge in [0.2, 0.25) is 0 Å². The number of benzene rings is 8. The van der Waals surface area contributed by atoms with Crippen LogP contribution < -0.4 is 0 Å². The first-order valence-electron chi connectivity index (χ1n) is 21.5. The third kappa shape index (κ3) is 5.63. The van der Waals surface area contributed by atoms with Gasteiger partial charge in [0, 0.05) is 0 Å². The Morgan fingerprint density at radius 3 is 1.53 bits per heavy atom. The Balaban J connectivity index is 1.13. The number of fused-ring (bicyclic) bond motifs is 6. The summed E-state index contributed by atoms with van der Waals surface area (Å²) in [6.45, 7) is 7.17. The molecule has 1 unspecified atom stereocenters. The molecule has 3 aliphatic rings. The molecule has 0 radical (unpaired) electrons. The van der Waals surface area contributed by atoms with E-state index in [1.807, 2.05) is 0 Å². The summed E-state index contributed by atoms with van der Waals surface area (Å²) in [5, 5.41) is 10.7. The Kier molecular flexibility index (Phi) is 8.32. The van der Waals surface area contributed by atoms with Gasteiger partial charge in [-0.2, -0.15) is 0 Å². The van der Waals surface area contributed by atoms with E-state index in [0.29, 0.717) is 17.8 Å². The number of hydrogen-bond donors (Lipinski definition) is 0. The third-order valence-corrected chi connectivity index (χ3v) is 14.0. The maximum absolute atomic E-state index is 2.63. The summed E-state index contributed by atoms with van der Waals surface area (Å²) in [4.78, 5) is 0. The first kappa shape index (κ1) is 34.5. The molecule has 0 spiro atoms. The lowest BCUT2D eigenvalue weighted by Crippen LogP contribution is -2.20. The SMILES string of the molecule is Cc1cc(C)c(-c2cccc(-c3cc4ccccc4c4ccccc34)c2C2CCC2)cc1C1=C(C2CCC2)C(c2cc3ccccc3c3ccccc23)=CC(C)C1. The summed E-state index contributed by atoms with van der Waals surface area (Å²) in [7, 11) is 0. The highest BCUT2D eigenvalue weighted by atomic mass is 14.4. The maximum atomic E-state index is 2.63. The van der Waals surface area contributed by atoms with E-state index in [1.54, 1.807) is 16.7 Å². The molecule has 2 fully saturated rings. The zero-order chi connectivity index (χ0) is 38.2. The molecule has 0 bridgehead atoms. The van der Waals surface area contributed by atoms with Crippen LogP contribution in [0.2, 0.25) is 0 Å². The summed E-state index contributed by atoms with van der Waals surface area (Å²) in [5.74, 6) is 1.62. The van der Waals surface area contributed by atoms with Gasteiger partial charge in [0.15, 0.2) is 0 Å². The zero-order valence-corrected chi connectivity index (χ0v) is 33.5. The van der Waals surface area contributed by atoms with Crippen molar-refractivity contribution in [2.75, 3.05) is 0 Å². The van der Waals surface area contributed by atoms with Gasteiger partial charge in [-0.3, -0.25) is 0 Å². The molecule has 8 aromatic carbocycles. The monoisotopic (exact) mass is 734 g/mol. The molecular formula is C57H50. The summed E-state index contributed by atoms with van der Waals surface area (Å²) < 4.78 is 0. The lowest BCUT2D eigenvalue weighted by molar-refractivity contribution is 0.375. The average Bonchev–Trinajstić information content (AvgIpc) is 3.20. The Morgan fingerprint density at radius 1 is 0.421 bits per heavy atom. The predicted octanol–water partition coefficient (Wildman–Crippen LogP) is 16.2. The molecule has 0 N–H and O–H groups in total. The van der Waals surface area contributed by atoms with Crippen LogP contribution in [0.25, 0.3) is 76.5 Å². The van der Waals surface area contributed by atoms with Crippen LogP contribution in [0.4, 0.5) is 0 Å². The molecule has 0 aliphatic heterocycles. The molecule has 11 rings (SSSR count). The summed E-state index contributed by atoms with van der Waals surface area (Å²) in [6.07, 6.45) is 11.4. The molecule has 0 heteroatoms. The Morgan fingerprint density at radius 2 is 0.930 bits per heavy atom. The van der Waals surface area contributed by atoms with Gasteiger partial charge in [0.1, 0.15) is 0 Å². The molecule has 8 aromatic rings. The second kappa shape index (κ2) is 13.7. The highest BCUT2D eigenvalue weighted by molar-refractivity contribution is 6.15. The molecule has 2 saturated carbocycles. The van der Waals surface area contributed by atoms with Crippen LogP contribution >= 0.6 is 0 Å². The van der Waals surface area contributed by atoms with Crippen molar-refractivity contribution in [2.24, 2.45) is 11.8 Å². The van der Waals surface area contributed by atoms with Crippen molar-refractivity contribution in [2.45, 2.75) is 71.6 Å². The number of rotatable bonds is 6. The predicted molar refractivity (Wildman–Crippen MR) is 246 cm³/mol. The maximum Gasteiger partial charge on any atom is -0.00959 e. The largest absolute Gasteiger partial charge is 0.0732 e. The number of aryl methyl sites for hydroxylation is 2. The van der Waals surface area contributed by atoms with E-state index in [-0.39, 0.29) is 0 Å². The van der Waals surface area contributed by atoms with E-state index in [2.05, 4.69) is 166 Å². The minimum Gasteiger partial charge on any atom is -0.0732 e. The van der Waals surface area contributed by atoms with Gasteiger partial charge >= 0.3 is 0 Å². The van der Waals surface area contributed by atoms with Crippen LogP contribution in [0, 0.1) is 25.7 Å². The standard InChI is InChI=1S/C57H50/c1-35-29-54(57(39-19-13-20-39)55(30-35)53-33-41-16-5-7-22-43(41)45-24-9-11-26-47(45)53)51-34-50(36(2)31-37(51)3)48-27-14-28-49(56(48)38-17-12-18-38)52-32-40-15-4-6-21-42(40)44-23-8-10-25-46(44)52/h4-11,14-16,21-28,30-35,38-39H,12-13,17-20,29H2,1-3H3. The molecule has 0 aromatic heterocycles. The van der Waals surface area contributed by atoms with Gasteiger partial charge in [-0.05, 0) is 192 Å². The fraction of sp³-hybridized carbons (Fsp3) is 0.228. The van der Waals surface area contributed by atoms with Crippen molar-refractivity contribution in [1.29, 1.82) is 0 Å². The van der Waals surface area contributed by atoms with Crippen molar-refractivity contribution < 1.29 is 0 Å². The van der Waals surface area contributed by atoms with Crippen molar-refractivity contribution in [3.8, 4) is 22.3 Å². The first-order chi connectivity index (χ1) is 28.0. The molecule has 0 amide bonds. The van der Waals surface area contributed by atoms with E-state index in [0.717, 1.165) is 6.42 Å². The van der Waals surface area contributed by atoms with Gasteiger partial charge in [0.05, 0.1) is 0 Å². The minimum atomic E-state index is 0.447. The van der Waals surface area contributed by atoms with Crippen LogP contribution in [0.15, 0.2) is 151 Å². The van der Waals surface area contributed by atoms with Gasteiger partial charge in [-0.15, -0.1) is 0 Å². The molecule has 0 heterocycles.